The van der Waals surface area contributed by atoms with Gasteiger partial charge in [0.1, 0.15) is 0 Å². The lowest BCUT2D eigenvalue weighted by atomic mass is 10.0. The van der Waals surface area contributed by atoms with Crippen molar-refractivity contribution in [3.8, 4) is 0 Å². The minimum atomic E-state index is -0.0163. The van der Waals surface area contributed by atoms with E-state index in [1.165, 1.54) is 70.9 Å². The summed E-state index contributed by atoms with van der Waals surface area (Å²) in [7, 11) is 0. The highest BCUT2D eigenvalue weighted by Crippen LogP contribution is 2.20. The topological polar surface area (TPSA) is 29.5 Å². The third-order valence-electron chi connectivity index (χ3n) is 4.51. The summed E-state index contributed by atoms with van der Waals surface area (Å²) in [5.74, 6) is -0.0163. The first-order chi connectivity index (χ1) is 10.3. The molecule has 1 atom stereocenters. The Morgan fingerprint density at radius 3 is 2.24 bits per heavy atom. The van der Waals surface area contributed by atoms with Crippen LogP contribution in [0.4, 0.5) is 0 Å². The highest BCUT2D eigenvalue weighted by Gasteiger charge is 2.24. The molecule has 3 heteroatoms. The van der Waals surface area contributed by atoms with E-state index in [9.17, 15) is 4.79 Å². The predicted octanol–water partition coefficient (Wildman–Crippen LogP) is 4.54. The van der Waals surface area contributed by atoms with Crippen molar-refractivity contribution in [3.05, 3.63) is 0 Å². The van der Waals surface area contributed by atoms with Crippen molar-refractivity contribution in [2.75, 3.05) is 19.7 Å². The molecule has 1 fully saturated rings. The third-order valence-corrected chi connectivity index (χ3v) is 4.51. The van der Waals surface area contributed by atoms with Gasteiger partial charge in [-0.1, -0.05) is 51.9 Å². The molecule has 0 aromatic rings. The quantitative estimate of drug-likeness (QED) is 0.391. The molecule has 0 aliphatic carbocycles. The first-order valence-electron chi connectivity index (χ1n) is 9.17. The summed E-state index contributed by atoms with van der Waals surface area (Å²) in [4.78, 5) is 14.3. The lowest BCUT2D eigenvalue weighted by Gasteiger charge is -2.26. The van der Waals surface area contributed by atoms with E-state index < -0.39 is 0 Å². The molecule has 0 radical (unpaired) electrons. The number of esters is 1. The minimum Gasteiger partial charge on any atom is -0.466 e. The van der Waals surface area contributed by atoms with Gasteiger partial charge in [-0.05, 0) is 39.3 Å². The van der Waals surface area contributed by atoms with E-state index in [1.54, 1.807) is 0 Å². The van der Waals surface area contributed by atoms with Crippen LogP contribution in [0.1, 0.15) is 84.5 Å². The fourth-order valence-electron chi connectivity index (χ4n) is 3.27. The van der Waals surface area contributed by atoms with Crippen molar-refractivity contribution in [1.82, 2.24) is 4.90 Å². The Bertz CT molecular complexity index is 262. The van der Waals surface area contributed by atoms with Gasteiger partial charge in [-0.3, -0.25) is 9.69 Å². The summed E-state index contributed by atoms with van der Waals surface area (Å²) >= 11 is 0. The number of likely N-dealkylation sites (tertiary alicyclic amines) is 1. The molecule has 1 aliphatic rings. The zero-order valence-corrected chi connectivity index (χ0v) is 14.2. The Balaban J connectivity index is 2.20. The summed E-state index contributed by atoms with van der Waals surface area (Å²) in [6.45, 7) is 6.99. The number of carbonyl (C=O) groups excluding carboxylic acids is 1. The van der Waals surface area contributed by atoms with E-state index in [2.05, 4.69) is 11.8 Å². The molecule has 0 saturated carbocycles. The van der Waals surface area contributed by atoms with Crippen LogP contribution in [0, 0.1) is 0 Å². The van der Waals surface area contributed by atoms with Crippen LogP contribution in [0.3, 0.4) is 0 Å². The van der Waals surface area contributed by atoms with Crippen LogP contribution in [-0.4, -0.2) is 36.6 Å². The monoisotopic (exact) mass is 297 g/mol. The van der Waals surface area contributed by atoms with E-state index in [1.807, 2.05) is 6.92 Å². The zero-order valence-electron chi connectivity index (χ0n) is 14.2. The van der Waals surface area contributed by atoms with Crippen LogP contribution in [-0.2, 0) is 9.53 Å². The average molecular weight is 297 g/mol. The fourth-order valence-corrected chi connectivity index (χ4v) is 3.27. The SMILES string of the molecule is CCCCCCCCCC(CC(=O)OCC)N1CCCC1. The van der Waals surface area contributed by atoms with Crippen molar-refractivity contribution in [3.63, 3.8) is 0 Å². The maximum Gasteiger partial charge on any atom is 0.307 e. The van der Waals surface area contributed by atoms with Crippen molar-refractivity contribution < 1.29 is 9.53 Å². The highest BCUT2D eigenvalue weighted by molar-refractivity contribution is 5.70. The number of hydrogen-bond donors (Lipinski definition) is 0. The molecular formula is C18H35NO2. The van der Waals surface area contributed by atoms with Gasteiger partial charge in [-0.25, -0.2) is 0 Å². The standard InChI is InChI=1S/C18H35NO2/c1-3-5-6-7-8-9-10-13-17(16-18(20)21-4-2)19-14-11-12-15-19/h17H,3-16H2,1-2H3. The summed E-state index contributed by atoms with van der Waals surface area (Å²) in [5, 5.41) is 0. The summed E-state index contributed by atoms with van der Waals surface area (Å²) in [6.07, 6.45) is 13.7. The Hall–Kier alpha value is -0.570. The van der Waals surface area contributed by atoms with Crippen molar-refractivity contribution in [1.29, 1.82) is 0 Å². The molecule has 0 amide bonds. The molecule has 0 N–H and O–H groups in total. The minimum absolute atomic E-state index is 0.0163. The normalized spacial score (nSPS) is 17.0. The molecule has 21 heavy (non-hydrogen) atoms. The molecule has 1 rings (SSSR count). The van der Waals surface area contributed by atoms with E-state index >= 15 is 0 Å². The molecule has 0 aromatic carbocycles. The first-order valence-corrected chi connectivity index (χ1v) is 9.17. The number of ether oxygens (including phenoxy) is 1. The maximum absolute atomic E-state index is 11.8. The van der Waals surface area contributed by atoms with Crippen molar-refractivity contribution in [2.24, 2.45) is 0 Å². The summed E-state index contributed by atoms with van der Waals surface area (Å²) in [6, 6.07) is 0.419. The molecule has 3 nitrogen and oxygen atoms in total. The van der Waals surface area contributed by atoms with Gasteiger partial charge in [0, 0.05) is 6.04 Å². The Kier molecular flexibility index (Phi) is 10.6. The molecule has 0 aromatic heterocycles. The fraction of sp³-hybridized carbons (Fsp3) is 0.944. The molecule has 0 spiro atoms. The second kappa shape index (κ2) is 12.0. The van der Waals surface area contributed by atoms with Crippen molar-refractivity contribution >= 4 is 5.97 Å². The van der Waals surface area contributed by atoms with Gasteiger partial charge >= 0.3 is 5.97 Å². The number of carbonyl (C=O) groups is 1. The van der Waals surface area contributed by atoms with Crippen molar-refractivity contribution in [2.45, 2.75) is 90.5 Å². The van der Waals surface area contributed by atoms with E-state index in [4.69, 9.17) is 4.74 Å². The van der Waals surface area contributed by atoms with Crippen LogP contribution < -0.4 is 0 Å². The highest BCUT2D eigenvalue weighted by atomic mass is 16.5. The summed E-state index contributed by atoms with van der Waals surface area (Å²) in [5.41, 5.74) is 0. The second-order valence-electron chi connectivity index (χ2n) is 6.32. The molecule has 1 heterocycles. The molecule has 124 valence electrons. The molecule has 1 saturated heterocycles. The number of nitrogens with zero attached hydrogens (tertiary/aromatic N) is 1. The third kappa shape index (κ3) is 8.45. The maximum atomic E-state index is 11.8. The van der Waals surface area contributed by atoms with E-state index in [0.717, 1.165) is 6.42 Å². The van der Waals surface area contributed by atoms with Gasteiger partial charge in [0.25, 0.3) is 0 Å². The smallest absolute Gasteiger partial charge is 0.307 e. The van der Waals surface area contributed by atoms with Crippen LogP contribution in [0.25, 0.3) is 0 Å². The molecule has 0 bridgehead atoms. The Morgan fingerprint density at radius 1 is 1.00 bits per heavy atom. The number of unbranched alkanes of at least 4 members (excludes halogenated alkanes) is 6. The lowest BCUT2D eigenvalue weighted by Crippen LogP contribution is -2.35. The van der Waals surface area contributed by atoms with Crippen LogP contribution in [0.2, 0.25) is 0 Å². The van der Waals surface area contributed by atoms with Gasteiger partial charge in [-0.2, -0.15) is 0 Å². The van der Waals surface area contributed by atoms with E-state index in [-0.39, 0.29) is 5.97 Å². The molecule has 1 unspecified atom stereocenters. The van der Waals surface area contributed by atoms with Gasteiger partial charge in [0.05, 0.1) is 13.0 Å². The van der Waals surface area contributed by atoms with Gasteiger partial charge in [-0.15, -0.1) is 0 Å². The predicted molar refractivity (Wildman–Crippen MR) is 88.5 cm³/mol. The zero-order chi connectivity index (χ0) is 15.3. The average Bonchev–Trinajstić information content (AvgIpc) is 2.99. The largest absolute Gasteiger partial charge is 0.466 e. The van der Waals surface area contributed by atoms with Gasteiger partial charge in [0.2, 0.25) is 0 Å². The number of hydrogen-bond acceptors (Lipinski definition) is 3. The molecule has 1 aliphatic heterocycles. The number of rotatable bonds is 12. The van der Waals surface area contributed by atoms with E-state index in [0.29, 0.717) is 19.1 Å². The van der Waals surface area contributed by atoms with Gasteiger partial charge < -0.3 is 4.74 Å². The Labute approximate surface area is 131 Å². The van der Waals surface area contributed by atoms with Crippen LogP contribution >= 0.6 is 0 Å². The second-order valence-corrected chi connectivity index (χ2v) is 6.32. The molecular weight excluding hydrogens is 262 g/mol. The van der Waals surface area contributed by atoms with Crippen LogP contribution in [0.15, 0.2) is 0 Å². The van der Waals surface area contributed by atoms with Crippen LogP contribution in [0.5, 0.6) is 0 Å². The van der Waals surface area contributed by atoms with Gasteiger partial charge in [0.15, 0.2) is 0 Å². The first kappa shape index (κ1) is 18.5. The summed E-state index contributed by atoms with van der Waals surface area (Å²) < 4.78 is 5.14. The lowest BCUT2D eigenvalue weighted by molar-refractivity contribution is -0.144. The Morgan fingerprint density at radius 2 is 1.62 bits per heavy atom.